The van der Waals surface area contributed by atoms with E-state index >= 15 is 0 Å². The minimum Gasteiger partial charge on any atom is -0.496 e. The second-order valence-corrected chi connectivity index (χ2v) is 11.6. The van der Waals surface area contributed by atoms with Crippen LogP contribution in [-0.2, 0) is 0 Å². The van der Waals surface area contributed by atoms with E-state index in [0.717, 1.165) is 66.5 Å². The van der Waals surface area contributed by atoms with Crippen molar-refractivity contribution in [3.63, 3.8) is 0 Å². The molecule has 0 spiro atoms. The summed E-state index contributed by atoms with van der Waals surface area (Å²) in [6.07, 6.45) is 11.5. The van der Waals surface area contributed by atoms with E-state index in [0.29, 0.717) is 11.6 Å². The number of unbranched alkanes of at least 4 members (excludes halogenated alkanes) is 1. The predicted octanol–water partition coefficient (Wildman–Crippen LogP) is 11.0. The number of benzene rings is 1. The van der Waals surface area contributed by atoms with Gasteiger partial charge in [-0.05, 0) is 75.2 Å². The SMILES string of the molecule is C=CC(=C\C(C)=C(/CCCC)N(/C=C(/C)CC)c1cc(OC)c(C(=O)NCC(F)(F)F)c(OC)c1)/C(/C=C(\C)CC)=C/[C@@H](C)CC. The van der Waals surface area contributed by atoms with Gasteiger partial charge in [0.25, 0.3) is 5.91 Å². The van der Waals surface area contributed by atoms with Crippen LogP contribution in [0.1, 0.15) is 104 Å². The summed E-state index contributed by atoms with van der Waals surface area (Å²) >= 11 is 0. The number of nitrogens with one attached hydrogen (secondary N) is 1. The van der Waals surface area contributed by atoms with E-state index in [9.17, 15) is 18.0 Å². The monoisotopic (exact) mass is 644 g/mol. The molecule has 8 heteroatoms. The van der Waals surface area contributed by atoms with Gasteiger partial charge in [0.05, 0.1) is 19.9 Å². The van der Waals surface area contributed by atoms with E-state index in [1.807, 2.05) is 18.3 Å². The summed E-state index contributed by atoms with van der Waals surface area (Å²) in [6, 6.07) is 3.34. The zero-order chi connectivity index (χ0) is 35.0. The molecule has 0 radical (unpaired) electrons. The third kappa shape index (κ3) is 12.6. The van der Waals surface area contributed by atoms with Gasteiger partial charge in [-0.25, -0.2) is 0 Å². The smallest absolute Gasteiger partial charge is 0.405 e. The normalized spacial score (nSPS) is 14.5. The van der Waals surface area contributed by atoms with E-state index in [4.69, 9.17) is 9.47 Å². The van der Waals surface area contributed by atoms with Crippen molar-refractivity contribution in [2.75, 3.05) is 25.7 Å². The van der Waals surface area contributed by atoms with Crippen LogP contribution in [-0.4, -0.2) is 32.8 Å². The van der Waals surface area contributed by atoms with Gasteiger partial charge in [-0.1, -0.05) is 83.4 Å². The lowest BCUT2D eigenvalue weighted by Gasteiger charge is -2.28. The lowest BCUT2D eigenvalue weighted by molar-refractivity contribution is -0.123. The average Bonchev–Trinajstić information content (AvgIpc) is 3.03. The van der Waals surface area contributed by atoms with E-state index in [1.54, 1.807) is 12.1 Å². The molecule has 0 saturated carbocycles. The van der Waals surface area contributed by atoms with Crippen molar-refractivity contribution in [1.82, 2.24) is 5.32 Å². The summed E-state index contributed by atoms with van der Waals surface area (Å²) in [7, 11) is 2.76. The lowest BCUT2D eigenvalue weighted by Crippen LogP contribution is -2.34. The third-order valence-electron chi connectivity index (χ3n) is 7.86. The highest BCUT2D eigenvalue weighted by Crippen LogP contribution is 2.38. The highest BCUT2D eigenvalue weighted by Gasteiger charge is 2.30. The number of allylic oxidation sites excluding steroid dienone is 10. The molecule has 1 aromatic carbocycles. The second kappa shape index (κ2) is 19.7. The Morgan fingerprint density at radius 2 is 1.57 bits per heavy atom. The van der Waals surface area contributed by atoms with Crippen LogP contribution in [0.3, 0.4) is 0 Å². The number of alkyl halides is 3. The molecule has 0 aliphatic rings. The fourth-order valence-corrected chi connectivity index (χ4v) is 4.60. The Hall–Kier alpha value is -3.68. The summed E-state index contributed by atoms with van der Waals surface area (Å²) in [5, 5.41) is 1.94. The average molecular weight is 645 g/mol. The first-order chi connectivity index (χ1) is 21.7. The summed E-state index contributed by atoms with van der Waals surface area (Å²) in [5.74, 6) is -0.329. The lowest BCUT2D eigenvalue weighted by atomic mass is 9.94. The van der Waals surface area contributed by atoms with Gasteiger partial charge in [-0.15, -0.1) is 0 Å². The molecule has 256 valence electrons. The minimum absolute atomic E-state index is 0.100. The number of ether oxygens (including phenoxy) is 2. The third-order valence-corrected chi connectivity index (χ3v) is 7.86. The Balaban J connectivity index is 4.10. The number of hydrogen-bond donors (Lipinski definition) is 1. The number of carbonyl (C=O) groups excluding carboxylic acids is 1. The fraction of sp³-hybridized carbons (Fsp3) is 0.500. The van der Waals surface area contributed by atoms with E-state index in [1.165, 1.54) is 19.8 Å². The van der Waals surface area contributed by atoms with Gasteiger partial charge < -0.3 is 19.7 Å². The van der Waals surface area contributed by atoms with Crippen LogP contribution in [0.4, 0.5) is 18.9 Å². The topological polar surface area (TPSA) is 50.8 Å². The first kappa shape index (κ1) is 40.3. The van der Waals surface area contributed by atoms with Gasteiger partial charge in [-0.2, -0.15) is 13.2 Å². The number of halogens is 3. The molecular weight excluding hydrogens is 589 g/mol. The van der Waals surface area contributed by atoms with Crippen LogP contribution in [0.2, 0.25) is 0 Å². The summed E-state index contributed by atoms with van der Waals surface area (Å²) in [4.78, 5) is 15.0. The minimum atomic E-state index is -4.56. The quantitative estimate of drug-likeness (QED) is 0.162. The van der Waals surface area contributed by atoms with Crippen molar-refractivity contribution in [1.29, 1.82) is 0 Å². The first-order valence-corrected chi connectivity index (χ1v) is 16.2. The Morgan fingerprint density at radius 3 is 2.02 bits per heavy atom. The number of amides is 1. The molecule has 46 heavy (non-hydrogen) atoms. The Labute approximate surface area is 275 Å². The molecule has 5 nitrogen and oxygen atoms in total. The van der Waals surface area contributed by atoms with Crippen molar-refractivity contribution in [2.24, 2.45) is 5.92 Å². The molecule has 1 aromatic rings. The molecule has 0 bridgehead atoms. The molecule has 1 amide bonds. The standard InChI is InChI=1S/C38H55F3N2O3/c1-12-17-18-33(29(9)21-30(16-5)31(19-26(6)13-2)20-27(7)14-3)43(24-28(8)15-4)32-22-34(45-10)36(35(23-32)46-11)37(44)42-25-38(39,40)41/h16,19-24,26H,5,12-15,17-18,25H2,1-4,6-11H3,(H,42,44)/b27-20+,28-24-,30-21+,31-19+,33-29+/t26-/m0/s1. The number of nitrogens with zero attached hydrogens (tertiary/aromatic N) is 1. The molecule has 0 unspecified atom stereocenters. The van der Waals surface area contributed by atoms with E-state index in [2.05, 4.69) is 84.4 Å². The number of methoxy groups -OCH3 is 2. The molecule has 0 saturated heterocycles. The highest BCUT2D eigenvalue weighted by atomic mass is 19.4. The molecule has 0 heterocycles. The maximum Gasteiger partial charge on any atom is 0.405 e. The number of carbonyl (C=O) groups is 1. The van der Waals surface area contributed by atoms with Crippen molar-refractivity contribution >= 4 is 11.6 Å². The summed E-state index contributed by atoms with van der Waals surface area (Å²) in [6.45, 7) is 19.7. The molecule has 1 N–H and O–H groups in total. The second-order valence-electron chi connectivity index (χ2n) is 11.6. The molecular formula is C38H55F3N2O3. The van der Waals surface area contributed by atoms with Crippen LogP contribution < -0.4 is 19.7 Å². The molecule has 1 atom stereocenters. The van der Waals surface area contributed by atoms with Crippen LogP contribution in [0.5, 0.6) is 11.5 Å². The predicted molar refractivity (Wildman–Crippen MR) is 187 cm³/mol. The maximum absolute atomic E-state index is 12.9. The summed E-state index contributed by atoms with van der Waals surface area (Å²) < 4.78 is 49.8. The number of anilines is 1. The van der Waals surface area contributed by atoms with Crippen LogP contribution in [0, 0.1) is 5.92 Å². The number of rotatable bonds is 18. The zero-order valence-corrected chi connectivity index (χ0v) is 29.6. The number of hydrogen-bond acceptors (Lipinski definition) is 4. The Morgan fingerprint density at radius 1 is 0.978 bits per heavy atom. The fourth-order valence-electron chi connectivity index (χ4n) is 4.60. The van der Waals surface area contributed by atoms with Gasteiger partial charge in [0, 0.05) is 24.0 Å². The molecule has 0 aliphatic heterocycles. The van der Waals surface area contributed by atoms with Gasteiger partial charge in [0.15, 0.2) is 0 Å². The van der Waals surface area contributed by atoms with Gasteiger partial charge in [0.2, 0.25) is 0 Å². The Bertz CT molecular complexity index is 1310. The maximum atomic E-state index is 12.9. The van der Waals surface area contributed by atoms with Crippen LogP contribution in [0.15, 0.2) is 82.8 Å². The molecule has 0 aliphatic carbocycles. The molecule has 1 rings (SSSR count). The zero-order valence-electron chi connectivity index (χ0n) is 29.6. The van der Waals surface area contributed by atoms with Gasteiger partial charge in [-0.3, -0.25) is 4.79 Å². The Kier molecular flexibility index (Phi) is 17.3. The molecule has 0 aromatic heterocycles. The summed E-state index contributed by atoms with van der Waals surface area (Å²) in [5.41, 5.74) is 7.15. The van der Waals surface area contributed by atoms with Gasteiger partial charge in [0.1, 0.15) is 23.6 Å². The largest absolute Gasteiger partial charge is 0.496 e. The van der Waals surface area contributed by atoms with Gasteiger partial charge >= 0.3 is 6.18 Å². The first-order valence-electron chi connectivity index (χ1n) is 16.2. The van der Waals surface area contributed by atoms with Crippen molar-refractivity contribution in [3.8, 4) is 11.5 Å². The molecule has 0 fully saturated rings. The van der Waals surface area contributed by atoms with Crippen molar-refractivity contribution in [3.05, 3.63) is 88.3 Å². The highest BCUT2D eigenvalue weighted by molar-refractivity contribution is 6.00. The van der Waals surface area contributed by atoms with Crippen molar-refractivity contribution < 1.29 is 27.4 Å². The van der Waals surface area contributed by atoms with Crippen molar-refractivity contribution in [2.45, 2.75) is 100 Å². The van der Waals surface area contributed by atoms with E-state index < -0.39 is 18.6 Å². The van der Waals surface area contributed by atoms with E-state index in [-0.39, 0.29) is 17.1 Å². The van der Waals surface area contributed by atoms with Crippen LogP contribution >= 0.6 is 0 Å². The van der Waals surface area contributed by atoms with Crippen LogP contribution in [0.25, 0.3) is 0 Å².